The first-order valence-electron chi connectivity index (χ1n) is 6.52. The van der Waals surface area contributed by atoms with Crippen LogP contribution in [0.15, 0.2) is 18.2 Å². The number of hydrogen-bond acceptors (Lipinski definition) is 4. The van der Waals surface area contributed by atoms with Crippen LogP contribution in [-0.4, -0.2) is 25.5 Å². The number of carbonyl (C=O) groups is 2. The van der Waals surface area contributed by atoms with Gasteiger partial charge in [-0.05, 0) is 24.5 Å². The first-order chi connectivity index (χ1) is 9.24. The highest BCUT2D eigenvalue weighted by molar-refractivity contribution is 5.69. The van der Waals surface area contributed by atoms with Crippen LogP contribution in [0, 0.1) is 0 Å². The quantitative estimate of drug-likeness (QED) is 0.582. The van der Waals surface area contributed by atoms with Crippen molar-refractivity contribution >= 4 is 12.3 Å². The zero-order valence-electron chi connectivity index (χ0n) is 11.1. The molecule has 0 bridgehead atoms. The molecule has 0 unspecified atom stereocenters. The normalized spacial score (nSPS) is 16.6. The van der Waals surface area contributed by atoms with E-state index in [1.807, 2.05) is 18.2 Å². The minimum atomic E-state index is -0.200. The minimum Gasteiger partial charge on any atom is -0.490 e. The molecule has 1 aliphatic heterocycles. The van der Waals surface area contributed by atoms with Crippen LogP contribution < -0.4 is 4.74 Å². The third-order valence-electron chi connectivity index (χ3n) is 3.39. The number of methoxy groups -OCH3 is 1. The van der Waals surface area contributed by atoms with Gasteiger partial charge in [-0.3, -0.25) is 4.79 Å². The summed E-state index contributed by atoms with van der Waals surface area (Å²) in [6.07, 6.45) is 4.14. The van der Waals surface area contributed by atoms with Crippen LogP contribution in [-0.2, 0) is 27.2 Å². The molecular weight excluding hydrogens is 244 g/mol. The Morgan fingerprint density at radius 3 is 3.11 bits per heavy atom. The third kappa shape index (κ3) is 3.34. The number of hydrogen-bond donors (Lipinski definition) is 0. The van der Waals surface area contributed by atoms with Crippen LogP contribution in [0.4, 0.5) is 0 Å². The van der Waals surface area contributed by atoms with Crippen molar-refractivity contribution in [1.82, 2.24) is 0 Å². The summed E-state index contributed by atoms with van der Waals surface area (Å²) in [6.45, 7) is 0. The average Bonchev–Trinajstić information content (AvgIpc) is 2.85. The van der Waals surface area contributed by atoms with E-state index in [9.17, 15) is 9.59 Å². The van der Waals surface area contributed by atoms with Gasteiger partial charge in [0.1, 0.15) is 18.1 Å². The van der Waals surface area contributed by atoms with Crippen molar-refractivity contribution in [2.45, 2.75) is 38.2 Å². The van der Waals surface area contributed by atoms with E-state index >= 15 is 0 Å². The van der Waals surface area contributed by atoms with Crippen LogP contribution in [0.3, 0.4) is 0 Å². The highest BCUT2D eigenvalue weighted by Crippen LogP contribution is 2.33. The van der Waals surface area contributed by atoms with Gasteiger partial charge in [-0.2, -0.15) is 0 Å². The number of carbonyl (C=O) groups excluding carboxylic acids is 2. The van der Waals surface area contributed by atoms with Gasteiger partial charge in [-0.25, -0.2) is 0 Å². The molecule has 4 heteroatoms. The lowest BCUT2D eigenvalue weighted by atomic mass is 9.98. The molecule has 1 aliphatic rings. The maximum atomic E-state index is 11.2. The fraction of sp³-hybridized carbons (Fsp3) is 0.467. The Morgan fingerprint density at radius 1 is 1.53 bits per heavy atom. The van der Waals surface area contributed by atoms with Crippen LogP contribution in [0.25, 0.3) is 0 Å². The Balaban J connectivity index is 2.03. The SMILES string of the molecule is COC(=O)CCc1cccc2c1C[C@@H](CCC=O)O2. The zero-order valence-corrected chi connectivity index (χ0v) is 11.1. The van der Waals surface area contributed by atoms with Gasteiger partial charge in [0.25, 0.3) is 0 Å². The number of fused-ring (bicyclic) bond motifs is 1. The molecule has 0 saturated heterocycles. The molecule has 4 nitrogen and oxygen atoms in total. The Morgan fingerprint density at radius 2 is 2.37 bits per heavy atom. The average molecular weight is 262 g/mol. The van der Waals surface area contributed by atoms with Gasteiger partial charge in [0.15, 0.2) is 0 Å². The number of benzene rings is 1. The van der Waals surface area contributed by atoms with Crippen LogP contribution in [0.5, 0.6) is 5.75 Å². The second kappa shape index (κ2) is 6.36. The Bertz CT molecular complexity index is 467. The molecule has 0 radical (unpaired) electrons. The molecular formula is C15H18O4. The summed E-state index contributed by atoms with van der Waals surface area (Å²) in [4.78, 5) is 21.6. The molecule has 1 atom stereocenters. The fourth-order valence-electron chi connectivity index (χ4n) is 2.39. The van der Waals surface area contributed by atoms with E-state index in [4.69, 9.17) is 4.74 Å². The molecule has 1 aromatic rings. The summed E-state index contributed by atoms with van der Waals surface area (Å²) >= 11 is 0. The molecule has 19 heavy (non-hydrogen) atoms. The zero-order chi connectivity index (χ0) is 13.7. The van der Waals surface area contributed by atoms with Crippen LogP contribution in [0.2, 0.25) is 0 Å². The fourth-order valence-corrected chi connectivity index (χ4v) is 2.39. The molecule has 0 saturated carbocycles. The van der Waals surface area contributed by atoms with Gasteiger partial charge in [0.05, 0.1) is 7.11 Å². The first kappa shape index (κ1) is 13.6. The lowest BCUT2D eigenvalue weighted by Gasteiger charge is -2.07. The topological polar surface area (TPSA) is 52.6 Å². The highest BCUT2D eigenvalue weighted by Gasteiger charge is 2.24. The summed E-state index contributed by atoms with van der Waals surface area (Å²) in [5.41, 5.74) is 2.30. The van der Waals surface area contributed by atoms with Crippen LogP contribution in [0.1, 0.15) is 30.4 Å². The highest BCUT2D eigenvalue weighted by atomic mass is 16.5. The number of aryl methyl sites for hydroxylation is 1. The predicted octanol–water partition coefficient (Wildman–Crippen LogP) is 2.07. The van der Waals surface area contributed by atoms with Crippen LogP contribution >= 0.6 is 0 Å². The van der Waals surface area contributed by atoms with Crippen molar-refractivity contribution in [2.75, 3.05) is 7.11 Å². The van der Waals surface area contributed by atoms with E-state index in [2.05, 4.69) is 4.74 Å². The van der Waals surface area contributed by atoms with Crippen molar-refractivity contribution in [3.8, 4) is 5.75 Å². The molecule has 1 aromatic carbocycles. The second-order valence-electron chi connectivity index (χ2n) is 4.66. The summed E-state index contributed by atoms with van der Waals surface area (Å²) in [5.74, 6) is 0.687. The molecule has 0 fully saturated rings. The van der Waals surface area contributed by atoms with Crippen molar-refractivity contribution in [3.05, 3.63) is 29.3 Å². The van der Waals surface area contributed by atoms with E-state index in [0.29, 0.717) is 19.3 Å². The maximum Gasteiger partial charge on any atom is 0.305 e. The van der Waals surface area contributed by atoms with E-state index in [1.165, 1.54) is 12.7 Å². The number of ether oxygens (including phenoxy) is 2. The van der Waals surface area contributed by atoms with Crippen molar-refractivity contribution in [3.63, 3.8) is 0 Å². The smallest absolute Gasteiger partial charge is 0.305 e. The Hall–Kier alpha value is -1.84. The molecule has 102 valence electrons. The lowest BCUT2D eigenvalue weighted by molar-refractivity contribution is -0.140. The second-order valence-corrected chi connectivity index (χ2v) is 4.66. The number of aldehydes is 1. The van der Waals surface area contributed by atoms with E-state index in [1.54, 1.807) is 0 Å². The van der Waals surface area contributed by atoms with Crippen molar-refractivity contribution in [2.24, 2.45) is 0 Å². The van der Waals surface area contributed by atoms with Crippen molar-refractivity contribution in [1.29, 1.82) is 0 Å². The number of esters is 1. The summed E-state index contributed by atoms with van der Waals surface area (Å²) in [6, 6.07) is 5.90. The predicted molar refractivity (Wildman–Crippen MR) is 70.2 cm³/mol. The van der Waals surface area contributed by atoms with Gasteiger partial charge in [0.2, 0.25) is 0 Å². The summed E-state index contributed by atoms with van der Waals surface area (Å²) in [5, 5.41) is 0. The minimum absolute atomic E-state index is 0.0828. The van der Waals surface area contributed by atoms with Gasteiger partial charge in [-0.1, -0.05) is 12.1 Å². The van der Waals surface area contributed by atoms with Gasteiger partial charge < -0.3 is 14.3 Å². The van der Waals surface area contributed by atoms with Gasteiger partial charge >= 0.3 is 5.97 Å². The van der Waals surface area contributed by atoms with E-state index < -0.39 is 0 Å². The van der Waals surface area contributed by atoms with Gasteiger partial charge in [0, 0.05) is 24.8 Å². The molecule has 0 aromatic heterocycles. The maximum absolute atomic E-state index is 11.2. The molecule has 0 N–H and O–H groups in total. The molecule has 0 amide bonds. The van der Waals surface area contributed by atoms with E-state index in [0.717, 1.165) is 30.4 Å². The number of rotatable bonds is 6. The first-order valence-corrected chi connectivity index (χ1v) is 6.52. The van der Waals surface area contributed by atoms with Gasteiger partial charge in [-0.15, -0.1) is 0 Å². The summed E-state index contributed by atoms with van der Waals surface area (Å²) in [7, 11) is 1.40. The Kier molecular flexibility index (Phi) is 4.55. The lowest BCUT2D eigenvalue weighted by Crippen LogP contribution is -2.12. The monoisotopic (exact) mass is 262 g/mol. The molecule has 1 heterocycles. The standard InChI is InChI=1S/C15H18O4/c1-18-15(17)8-7-11-4-2-6-14-13(11)10-12(19-14)5-3-9-16/h2,4,6,9,12H,3,5,7-8,10H2,1H3/t12-/m1/s1. The molecule has 0 aliphatic carbocycles. The Labute approximate surface area is 112 Å². The largest absolute Gasteiger partial charge is 0.490 e. The third-order valence-corrected chi connectivity index (χ3v) is 3.39. The van der Waals surface area contributed by atoms with E-state index in [-0.39, 0.29) is 12.1 Å². The summed E-state index contributed by atoms with van der Waals surface area (Å²) < 4.78 is 10.5. The molecule has 0 spiro atoms. The molecule has 2 rings (SSSR count). The van der Waals surface area contributed by atoms with Crippen molar-refractivity contribution < 1.29 is 19.1 Å².